The van der Waals surface area contributed by atoms with Gasteiger partial charge in [0.2, 0.25) is 5.91 Å². The Kier molecular flexibility index (Phi) is 12.8. The van der Waals surface area contributed by atoms with Crippen LogP contribution >= 0.6 is 11.8 Å². The van der Waals surface area contributed by atoms with Crippen LogP contribution in [0.1, 0.15) is 57.4 Å². The summed E-state index contributed by atoms with van der Waals surface area (Å²) in [5, 5.41) is 54.8. The molecule has 4 aliphatic heterocycles. The van der Waals surface area contributed by atoms with Gasteiger partial charge in [-0.2, -0.15) is 0 Å². The van der Waals surface area contributed by atoms with E-state index in [0.29, 0.717) is 42.8 Å². The molecule has 1 aromatic carbocycles. The van der Waals surface area contributed by atoms with Crippen molar-refractivity contribution in [2.45, 2.75) is 99.7 Å². The van der Waals surface area contributed by atoms with E-state index < -0.39 is 41.9 Å². The number of fused-ring (bicyclic) bond motifs is 3. The van der Waals surface area contributed by atoms with Gasteiger partial charge in [-0.15, -0.1) is 16.9 Å². The second kappa shape index (κ2) is 16.9. The number of nitrogens with zero attached hydrogens (tertiary/aromatic N) is 3. The SMILES string of the molecule is CC(C)C[C@@H]1CCO[C@@H]2[C@H](CN[C@@H]2C(=O)N[C@H]2[C@H]3O[C@H](S[C@H](c4cn(-c5ccc(F)cc5)nn4)C/C=C\[C@H]2C)[C@H](O)[C@@H](O)[C@H]3O)C1.O=CO. The quantitative estimate of drug-likeness (QED) is 0.190. The molecule has 0 aliphatic carbocycles. The number of ether oxygens (including phenoxy) is 2. The number of allylic oxidation sites excluding steroid dienone is 1. The summed E-state index contributed by atoms with van der Waals surface area (Å²) in [6.45, 7) is 7.49. The molecule has 5 heterocycles. The molecule has 1 aromatic heterocycles. The number of benzene rings is 1. The molecule has 4 aliphatic rings. The van der Waals surface area contributed by atoms with Gasteiger partial charge >= 0.3 is 0 Å². The Morgan fingerprint density at radius 3 is 2.63 bits per heavy atom. The topological polar surface area (TPSA) is 188 Å². The molecule has 1 amide bonds. The molecule has 13 nitrogen and oxygen atoms in total. The second-order valence-corrected chi connectivity index (χ2v) is 15.1. The van der Waals surface area contributed by atoms with Gasteiger partial charge in [0.05, 0.1) is 35.0 Å². The molecule has 2 bridgehead atoms. The van der Waals surface area contributed by atoms with E-state index in [1.165, 1.54) is 23.9 Å². The van der Waals surface area contributed by atoms with Crippen LogP contribution in [0, 0.1) is 29.5 Å². The van der Waals surface area contributed by atoms with Gasteiger partial charge in [-0.25, -0.2) is 9.07 Å². The maximum Gasteiger partial charge on any atom is 0.290 e. The molecule has 3 fully saturated rings. The van der Waals surface area contributed by atoms with Crippen molar-refractivity contribution in [3.8, 4) is 5.69 Å². The Labute approximate surface area is 289 Å². The molecule has 6 N–H and O–H groups in total. The first-order valence-electron chi connectivity index (χ1n) is 16.9. The predicted octanol–water partition coefficient (Wildman–Crippen LogP) is 2.20. The lowest BCUT2D eigenvalue weighted by molar-refractivity contribution is -0.207. The van der Waals surface area contributed by atoms with Crippen molar-refractivity contribution in [3.05, 3.63) is 54.1 Å². The molecule has 0 spiro atoms. The molecule has 2 aromatic rings. The minimum absolute atomic E-state index is 0.229. The number of carbonyl (C=O) groups excluding carboxylic acids is 1. The smallest absolute Gasteiger partial charge is 0.290 e. The zero-order valence-electron chi connectivity index (χ0n) is 27.9. The predicted molar refractivity (Wildman–Crippen MR) is 179 cm³/mol. The van der Waals surface area contributed by atoms with E-state index in [9.17, 15) is 24.5 Å². The lowest BCUT2D eigenvalue weighted by Gasteiger charge is -2.45. The number of carbonyl (C=O) groups is 2. The first kappa shape index (κ1) is 37.3. The van der Waals surface area contributed by atoms with Crippen molar-refractivity contribution >= 4 is 24.1 Å². The van der Waals surface area contributed by atoms with Gasteiger partial charge in [-0.3, -0.25) is 9.59 Å². The Bertz CT molecular complexity index is 1420. The van der Waals surface area contributed by atoms with Gasteiger partial charge < -0.3 is 40.5 Å². The van der Waals surface area contributed by atoms with E-state index in [-0.39, 0.29) is 41.4 Å². The number of aromatic nitrogens is 3. The van der Waals surface area contributed by atoms with Gasteiger partial charge in [0, 0.05) is 13.2 Å². The van der Waals surface area contributed by atoms with Crippen molar-refractivity contribution in [3.63, 3.8) is 0 Å². The van der Waals surface area contributed by atoms with Crippen molar-refractivity contribution in [1.29, 1.82) is 0 Å². The normalized spacial score (nSPS) is 36.8. The number of amides is 1. The van der Waals surface area contributed by atoms with Crippen LogP contribution in [0.3, 0.4) is 0 Å². The van der Waals surface area contributed by atoms with Crippen LogP contribution in [-0.2, 0) is 19.1 Å². The van der Waals surface area contributed by atoms with E-state index in [1.807, 2.05) is 19.1 Å². The number of halogens is 1. The molecular formula is C34H48FN5O8S. The number of hydrogen-bond donors (Lipinski definition) is 6. The Hall–Kier alpha value is -2.92. The molecule has 270 valence electrons. The number of hydrogen-bond acceptors (Lipinski definition) is 11. The summed E-state index contributed by atoms with van der Waals surface area (Å²) in [6.07, 6.45) is 3.87. The van der Waals surface area contributed by atoms with Crippen LogP contribution < -0.4 is 10.6 Å². The lowest BCUT2D eigenvalue weighted by Crippen LogP contribution is -2.65. The Morgan fingerprint density at radius 1 is 1.18 bits per heavy atom. The van der Waals surface area contributed by atoms with Crippen LogP contribution in [0.2, 0.25) is 0 Å². The number of thioether (sulfide) groups is 1. The third-order valence-electron chi connectivity index (χ3n) is 9.81. The summed E-state index contributed by atoms with van der Waals surface area (Å²) in [7, 11) is 0. The highest BCUT2D eigenvalue weighted by atomic mass is 32.2. The Morgan fingerprint density at radius 2 is 1.92 bits per heavy atom. The van der Waals surface area contributed by atoms with Crippen molar-refractivity contribution in [2.75, 3.05) is 13.2 Å². The summed E-state index contributed by atoms with van der Waals surface area (Å²) in [4.78, 5) is 22.2. The maximum atomic E-state index is 13.9. The third-order valence-corrected chi connectivity index (χ3v) is 11.2. The molecule has 49 heavy (non-hydrogen) atoms. The van der Waals surface area contributed by atoms with Gasteiger partial charge in [-0.1, -0.05) is 38.1 Å². The van der Waals surface area contributed by atoms with Crippen molar-refractivity contribution < 1.29 is 43.9 Å². The molecule has 6 rings (SSSR count). The van der Waals surface area contributed by atoms with Gasteiger partial charge in [0.1, 0.15) is 41.7 Å². The van der Waals surface area contributed by atoms with E-state index in [0.717, 1.165) is 19.3 Å². The summed E-state index contributed by atoms with van der Waals surface area (Å²) in [5.41, 5.74) is 0.346. The summed E-state index contributed by atoms with van der Waals surface area (Å²) < 4.78 is 27.6. The minimum atomic E-state index is -1.49. The number of rotatable bonds is 6. The number of carboxylic acid groups (broad SMARTS) is 1. The minimum Gasteiger partial charge on any atom is -0.483 e. The van der Waals surface area contributed by atoms with E-state index in [4.69, 9.17) is 19.4 Å². The van der Waals surface area contributed by atoms with Crippen LogP contribution in [-0.4, -0.2) is 109 Å². The molecule has 3 saturated heterocycles. The first-order valence-corrected chi connectivity index (χ1v) is 17.9. The van der Waals surface area contributed by atoms with Crippen LogP contribution in [0.4, 0.5) is 4.39 Å². The molecule has 0 unspecified atom stereocenters. The summed E-state index contributed by atoms with van der Waals surface area (Å²) in [5.74, 6) is 0.569. The largest absolute Gasteiger partial charge is 0.483 e. The van der Waals surface area contributed by atoms with E-state index in [1.54, 1.807) is 23.0 Å². The van der Waals surface area contributed by atoms with Crippen LogP contribution in [0.15, 0.2) is 42.6 Å². The fourth-order valence-electron chi connectivity index (χ4n) is 7.41. The molecular weight excluding hydrogens is 657 g/mol. The average Bonchev–Trinajstić information content (AvgIpc) is 3.67. The summed E-state index contributed by atoms with van der Waals surface area (Å²) in [6, 6.07) is 4.69. The van der Waals surface area contributed by atoms with E-state index in [2.05, 4.69) is 34.8 Å². The standard InChI is InChI=1S/C33H46FN5O6S.CH2O2/c1-17(2)13-19-11-12-44-30-20(14-19)15-35-26(30)32(43)36-25-18(3)5-4-6-24(46-33-29(42)27(40)28(41)31(25)45-33)23-16-39(38-37-23)22-9-7-21(34)8-10-22;2-1-3/h4-5,7-10,16-20,24-31,33,35,40-42H,6,11-15H2,1-3H3,(H,36,43);1H,(H,2,3)/b5-4-;/t18-,19+,20+,24+,25-,26+,27+,28-,29-,30-,31-,33-;/m1./s1. The zero-order chi connectivity index (χ0) is 35.2. The van der Waals surface area contributed by atoms with Crippen molar-refractivity contribution in [2.24, 2.45) is 23.7 Å². The molecule has 0 radical (unpaired) electrons. The van der Waals surface area contributed by atoms with Crippen molar-refractivity contribution in [1.82, 2.24) is 25.6 Å². The fourth-order valence-corrected chi connectivity index (χ4v) is 8.72. The Balaban J connectivity index is 0.00000151. The van der Waals surface area contributed by atoms with Gasteiger partial charge in [-0.05, 0) is 73.6 Å². The second-order valence-electron chi connectivity index (χ2n) is 13.8. The molecule has 12 atom stereocenters. The molecule has 0 saturated carbocycles. The summed E-state index contributed by atoms with van der Waals surface area (Å²) >= 11 is 1.27. The van der Waals surface area contributed by atoms with Gasteiger partial charge in [0.25, 0.3) is 6.47 Å². The highest BCUT2D eigenvalue weighted by molar-refractivity contribution is 8.00. The third kappa shape index (κ3) is 8.88. The van der Waals surface area contributed by atoms with Crippen LogP contribution in [0.5, 0.6) is 0 Å². The fraction of sp³-hybridized carbons (Fsp3) is 0.647. The lowest BCUT2D eigenvalue weighted by atomic mass is 9.85. The molecule has 15 heteroatoms. The number of aliphatic hydroxyl groups is 3. The number of nitrogens with one attached hydrogen (secondary N) is 2. The highest BCUT2D eigenvalue weighted by Crippen LogP contribution is 2.42. The zero-order valence-corrected chi connectivity index (χ0v) is 28.7. The number of aliphatic hydroxyl groups excluding tert-OH is 3. The van der Waals surface area contributed by atoms with E-state index >= 15 is 0 Å². The maximum absolute atomic E-state index is 13.9. The monoisotopic (exact) mass is 705 g/mol. The first-order chi connectivity index (χ1) is 23.5. The highest BCUT2D eigenvalue weighted by Gasteiger charge is 2.50. The van der Waals surface area contributed by atoms with Crippen LogP contribution in [0.25, 0.3) is 5.69 Å². The van der Waals surface area contributed by atoms with Gasteiger partial charge in [0.15, 0.2) is 0 Å². The average molecular weight is 706 g/mol.